The highest BCUT2D eigenvalue weighted by Gasteiger charge is 1.96. The van der Waals surface area contributed by atoms with Crippen LogP contribution in [0.3, 0.4) is 0 Å². The van der Waals surface area contributed by atoms with Crippen molar-refractivity contribution in [3.63, 3.8) is 0 Å². The number of benzene rings is 2. The van der Waals surface area contributed by atoms with Crippen LogP contribution in [0.15, 0.2) is 64.4 Å². The molecule has 2 aromatic rings. The summed E-state index contributed by atoms with van der Waals surface area (Å²) in [5.41, 5.74) is 1.43. The third kappa shape index (κ3) is 3.14. The van der Waals surface area contributed by atoms with Gasteiger partial charge in [0.25, 0.3) is 0 Å². The summed E-state index contributed by atoms with van der Waals surface area (Å²) in [7, 11) is 0. The second-order valence-corrected chi connectivity index (χ2v) is 4.96. The number of hydrogen-bond donors (Lipinski definition) is 0. The molecule has 82 valence electrons. The monoisotopic (exact) mass is 228 g/mol. The van der Waals surface area contributed by atoms with Gasteiger partial charge in [-0.15, -0.1) is 0 Å². The van der Waals surface area contributed by atoms with Gasteiger partial charge in [-0.3, -0.25) is 0 Å². The summed E-state index contributed by atoms with van der Waals surface area (Å²) in [6.07, 6.45) is 2.39. The molecule has 0 aliphatic heterocycles. The highest BCUT2D eigenvalue weighted by molar-refractivity contribution is 7.99. The van der Waals surface area contributed by atoms with Gasteiger partial charge in [-0.1, -0.05) is 55.4 Å². The molecule has 0 nitrogen and oxygen atoms in total. The lowest BCUT2D eigenvalue weighted by Gasteiger charge is -2.03. The second kappa shape index (κ2) is 5.76. The third-order valence-corrected chi connectivity index (χ3v) is 3.46. The van der Waals surface area contributed by atoms with Crippen molar-refractivity contribution in [2.45, 2.75) is 29.6 Å². The Hall–Kier alpha value is -1.21. The van der Waals surface area contributed by atoms with Crippen LogP contribution in [-0.2, 0) is 6.42 Å². The van der Waals surface area contributed by atoms with E-state index in [1.54, 1.807) is 0 Å². The maximum Gasteiger partial charge on any atom is 0.0122 e. The zero-order valence-corrected chi connectivity index (χ0v) is 10.3. The fourth-order valence-corrected chi connectivity index (χ4v) is 2.48. The second-order valence-electron chi connectivity index (χ2n) is 3.81. The Bertz CT molecular complexity index is 417. The first kappa shape index (κ1) is 11.3. The molecule has 0 saturated heterocycles. The largest absolute Gasteiger partial charge is 0.0901 e. The van der Waals surface area contributed by atoms with Crippen LogP contribution in [0.4, 0.5) is 0 Å². The summed E-state index contributed by atoms with van der Waals surface area (Å²) in [6, 6.07) is 19.4. The molecule has 1 heteroatoms. The van der Waals surface area contributed by atoms with E-state index in [9.17, 15) is 0 Å². The minimum atomic E-state index is 1.18. The molecule has 0 unspecified atom stereocenters. The molecule has 0 bridgehead atoms. The highest BCUT2D eigenvalue weighted by atomic mass is 32.2. The maximum absolute atomic E-state index is 2.23. The molecule has 2 aromatic carbocycles. The number of hydrogen-bond acceptors (Lipinski definition) is 1. The quantitative estimate of drug-likeness (QED) is 0.725. The van der Waals surface area contributed by atoms with Gasteiger partial charge in [0.2, 0.25) is 0 Å². The van der Waals surface area contributed by atoms with Crippen LogP contribution in [0.2, 0.25) is 0 Å². The number of aryl methyl sites for hydroxylation is 1. The van der Waals surface area contributed by atoms with E-state index < -0.39 is 0 Å². The summed E-state index contributed by atoms with van der Waals surface area (Å²) in [6.45, 7) is 2.21. The average Bonchev–Trinajstić information content (AvgIpc) is 2.33. The molecule has 0 radical (unpaired) electrons. The third-order valence-electron chi connectivity index (χ3n) is 2.44. The van der Waals surface area contributed by atoms with Crippen LogP contribution in [0.5, 0.6) is 0 Å². The van der Waals surface area contributed by atoms with Crippen LogP contribution in [0, 0.1) is 0 Å². The van der Waals surface area contributed by atoms with Crippen molar-refractivity contribution in [2.24, 2.45) is 0 Å². The van der Waals surface area contributed by atoms with Gasteiger partial charge < -0.3 is 0 Å². The predicted octanol–water partition coefficient (Wildman–Crippen LogP) is 4.79. The van der Waals surface area contributed by atoms with Crippen LogP contribution in [0.25, 0.3) is 0 Å². The summed E-state index contributed by atoms with van der Waals surface area (Å²) >= 11 is 1.81. The zero-order valence-electron chi connectivity index (χ0n) is 9.52. The van der Waals surface area contributed by atoms with E-state index in [-0.39, 0.29) is 0 Å². The lowest BCUT2D eigenvalue weighted by Crippen LogP contribution is -1.82. The van der Waals surface area contributed by atoms with Crippen molar-refractivity contribution < 1.29 is 0 Å². The Morgan fingerprint density at radius 1 is 0.812 bits per heavy atom. The van der Waals surface area contributed by atoms with Crippen molar-refractivity contribution in [3.05, 3.63) is 60.2 Å². The molecule has 0 heterocycles. The molecule has 0 spiro atoms. The Balaban J connectivity index is 2.05. The molecular weight excluding hydrogens is 212 g/mol. The first-order valence-electron chi connectivity index (χ1n) is 5.70. The van der Waals surface area contributed by atoms with Gasteiger partial charge >= 0.3 is 0 Å². The van der Waals surface area contributed by atoms with Crippen LogP contribution >= 0.6 is 11.8 Å². The van der Waals surface area contributed by atoms with Gasteiger partial charge in [-0.25, -0.2) is 0 Å². The lowest BCUT2D eigenvalue weighted by molar-refractivity contribution is 0.920. The molecule has 0 aliphatic rings. The normalized spacial score (nSPS) is 10.3. The average molecular weight is 228 g/mol. The Morgan fingerprint density at radius 2 is 1.44 bits per heavy atom. The maximum atomic E-state index is 2.23. The van der Waals surface area contributed by atoms with Gasteiger partial charge in [0.05, 0.1) is 0 Å². The Kier molecular flexibility index (Phi) is 4.06. The lowest BCUT2D eigenvalue weighted by atomic mass is 10.1. The molecular formula is C15H16S. The smallest absolute Gasteiger partial charge is 0.0122 e. The van der Waals surface area contributed by atoms with E-state index in [1.165, 1.54) is 28.2 Å². The van der Waals surface area contributed by atoms with E-state index in [0.717, 1.165) is 0 Å². The predicted molar refractivity (Wildman–Crippen MR) is 71.0 cm³/mol. The SMILES string of the molecule is CCCc1ccc(Sc2ccccc2)cc1. The first-order chi connectivity index (χ1) is 7.88. The zero-order chi connectivity index (χ0) is 11.2. The molecule has 16 heavy (non-hydrogen) atoms. The molecule has 0 saturated carbocycles. The summed E-state index contributed by atoms with van der Waals surface area (Å²) in [5.74, 6) is 0. The molecule has 0 amide bonds. The molecule has 0 N–H and O–H groups in total. The first-order valence-corrected chi connectivity index (χ1v) is 6.52. The topological polar surface area (TPSA) is 0 Å². The van der Waals surface area contributed by atoms with Crippen molar-refractivity contribution in [1.82, 2.24) is 0 Å². The fourth-order valence-electron chi connectivity index (χ4n) is 1.64. The van der Waals surface area contributed by atoms with Crippen molar-refractivity contribution in [2.75, 3.05) is 0 Å². The standard InChI is InChI=1S/C15H16S/c1-2-6-13-9-11-15(12-10-13)16-14-7-4-3-5-8-14/h3-5,7-12H,2,6H2,1H3. The highest BCUT2D eigenvalue weighted by Crippen LogP contribution is 2.27. The van der Waals surface area contributed by atoms with E-state index in [4.69, 9.17) is 0 Å². The van der Waals surface area contributed by atoms with Crippen molar-refractivity contribution in [1.29, 1.82) is 0 Å². The molecule has 0 fully saturated rings. The van der Waals surface area contributed by atoms with Gasteiger partial charge in [-0.2, -0.15) is 0 Å². The number of rotatable bonds is 4. The van der Waals surface area contributed by atoms with E-state index in [1.807, 2.05) is 11.8 Å². The molecule has 0 atom stereocenters. The van der Waals surface area contributed by atoms with E-state index in [0.29, 0.717) is 0 Å². The molecule has 0 aromatic heterocycles. The molecule has 2 rings (SSSR count). The van der Waals surface area contributed by atoms with E-state index in [2.05, 4.69) is 61.5 Å². The van der Waals surface area contributed by atoms with Crippen molar-refractivity contribution >= 4 is 11.8 Å². The fraction of sp³-hybridized carbons (Fsp3) is 0.200. The Labute approximate surface area is 102 Å². The Morgan fingerprint density at radius 3 is 2.06 bits per heavy atom. The van der Waals surface area contributed by atoms with Crippen LogP contribution < -0.4 is 0 Å². The summed E-state index contributed by atoms with van der Waals surface area (Å²) < 4.78 is 0. The minimum absolute atomic E-state index is 1.18. The van der Waals surface area contributed by atoms with Crippen LogP contribution in [-0.4, -0.2) is 0 Å². The minimum Gasteiger partial charge on any atom is -0.0901 e. The van der Waals surface area contributed by atoms with Gasteiger partial charge in [0.15, 0.2) is 0 Å². The summed E-state index contributed by atoms with van der Waals surface area (Å²) in [5, 5.41) is 0. The van der Waals surface area contributed by atoms with Gasteiger partial charge in [0.1, 0.15) is 0 Å². The van der Waals surface area contributed by atoms with Crippen LogP contribution in [0.1, 0.15) is 18.9 Å². The summed E-state index contributed by atoms with van der Waals surface area (Å²) in [4.78, 5) is 2.61. The van der Waals surface area contributed by atoms with Crippen molar-refractivity contribution in [3.8, 4) is 0 Å². The molecule has 0 aliphatic carbocycles. The van der Waals surface area contributed by atoms with Gasteiger partial charge in [-0.05, 0) is 36.2 Å². The van der Waals surface area contributed by atoms with E-state index >= 15 is 0 Å². The van der Waals surface area contributed by atoms with Gasteiger partial charge in [0, 0.05) is 9.79 Å².